The minimum Gasteiger partial charge on any atom is -0.318 e. The van der Waals surface area contributed by atoms with Gasteiger partial charge >= 0.3 is 0 Å². The number of hydrogen-bond donors (Lipinski definition) is 1. The zero-order valence-corrected chi connectivity index (χ0v) is 7.58. The van der Waals surface area contributed by atoms with Gasteiger partial charge < -0.3 is 10.2 Å². The van der Waals surface area contributed by atoms with Crippen LogP contribution in [0.1, 0.15) is 12.8 Å². The number of nitrogens with one attached hydrogen (secondary N) is 1. The van der Waals surface area contributed by atoms with Gasteiger partial charge in [0.2, 0.25) is 0 Å². The van der Waals surface area contributed by atoms with Crippen molar-refractivity contribution in [1.82, 2.24) is 10.2 Å². The van der Waals surface area contributed by atoms with Crippen LogP contribution in [0.5, 0.6) is 0 Å². The molecule has 62 valence electrons. The van der Waals surface area contributed by atoms with Gasteiger partial charge in [-0.3, -0.25) is 0 Å². The van der Waals surface area contributed by atoms with Crippen LogP contribution < -0.4 is 5.32 Å². The third-order valence-corrected chi connectivity index (χ3v) is 2.11. The smallest absolute Gasteiger partial charge is 0.0217 e. The lowest BCUT2D eigenvalue weighted by atomic mass is 10.2. The Morgan fingerprint density at radius 1 is 1.60 bits per heavy atom. The van der Waals surface area contributed by atoms with Crippen molar-refractivity contribution in [1.29, 1.82) is 0 Å². The highest BCUT2D eigenvalue weighted by molar-refractivity contribution is 5.85. The van der Waals surface area contributed by atoms with Crippen LogP contribution in [-0.4, -0.2) is 38.1 Å². The molecule has 0 amide bonds. The van der Waals surface area contributed by atoms with Crippen molar-refractivity contribution in [3.63, 3.8) is 0 Å². The minimum absolute atomic E-state index is 0. The first kappa shape index (κ1) is 10.2. The summed E-state index contributed by atoms with van der Waals surface area (Å²) in [7, 11) is 4.22. The fourth-order valence-corrected chi connectivity index (χ4v) is 1.47. The van der Waals surface area contributed by atoms with Gasteiger partial charge in [-0.05, 0) is 33.5 Å². The SMILES string of the molecule is CNC[C@@H]1CCCN1C.Cl. The van der Waals surface area contributed by atoms with Crippen molar-refractivity contribution in [2.45, 2.75) is 18.9 Å². The third kappa shape index (κ3) is 2.45. The summed E-state index contributed by atoms with van der Waals surface area (Å²) in [5, 5.41) is 3.20. The second kappa shape index (κ2) is 4.94. The summed E-state index contributed by atoms with van der Waals surface area (Å²) in [4.78, 5) is 2.43. The standard InChI is InChI=1S/C7H16N2.ClH/c1-8-6-7-4-3-5-9(7)2;/h7-8H,3-6H2,1-2H3;1H/t7-;/m0./s1. The molecular weight excluding hydrogens is 148 g/mol. The number of likely N-dealkylation sites (N-methyl/N-ethyl adjacent to an activating group) is 2. The summed E-state index contributed by atoms with van der Waals surface area (Å²) in [6, 6.07) is 0.801. The van der Waals surface area contributed by atoms with Crippen molar-refractivity contribution in [3.8, 4) is 0 Å². The molecule has 0 aromatic rings. The van der Waals surface area contributed by atoms with Gasteiger partial charge in [0.15, 0.2) is 0 Å². The second-order valence-corrected chi connectivity index (χ2v) is 2.83. The highest BCUT2D eigenvalue weighted by atomic mass is 35.5. The first-order valence-electron chi connectivity index (χ1n) is 3.69. The fraction of sp³-hybridized carbons (Fsp3) is 1.00. The van der Waals surface area contributed by atoms with Crippen LogP contribution in [0.25, 0.3) is 0 Å². The molecule has 0 saturated carbocycles. The molecule has 1 N–H and O–H groups in total. The topological polar surface area (TPSA) is 15.3 Å². The molecule has 1 saturated heterocycles. The van der Waals surface area contributed by atoms with Crippen molar-refractivity contribution in [3.05, 3.63) is 0 Å². The maximum atomic E-state index is 3.20. The molecule has 3 heteroatoms. The van der Waals surface area contributed by atoms with Gasteiger partial charge in [-0.25, -0.2) is 0 Å². The van der Waals surface area contributed by atoms with Gasteiger partial charge in [0, 0.05) is 12.6 Å². The molecule has 1 rings (SSSR count). The molecule has 0 radical (unpaired) electrons. The number of rotatable bonds is 2. The monoisotopic (exact) mass is 164 g/mol. The van der Waals surface area contributed by atoms with Crippen molar-refractivity contribution in [2.75, 3.05) is 27.2 Å². The van der Waals surface area contributed by atoms with Crippen molar-refractivity contribution in [2.24, 2.45) is 0 Å². The Balaban J connectivity index is 0.000000810. The highest BCUT2D eigenvalue weighted by Gasteiger charge is 2.18. The van der Waals surface area contributed by atoms with E-state index in [4.69, 9.17) is 0 Å². The predicted octanol–water partition coefficient (Wildman–Crippen LogP) is 0.722. The van der Waals surface area contributed by atoms with E-state index < -0.39 is 0 Å². The molecule has 2 nitrogen and oxygen atoms in total. The second-order valence-electron chi connectivity index (χ2n) is 2.83. The molecule has 10 heavy (non-hydrogen) atoms. The molecule has 0 unspecified atom stereocenters. The van der Waals surface area contributed by atoms with Gasteiger partial charge in [0.1, 0.15) is 0 Å². The van der Waals surface area contributed by atoms with Crippen LogP contribution in [0.15, 0.2) is 0 Å². The molecule has 0 aliphatic carbocycles. The molecule has 1 aliphatic heterocycles. The average molecular weight is 165 g/mol. The Hall–Kier alpha value is 0.210. The normalized spacial score (nSPS) is 26.4. The number of halogens is 1. The van der Waals surface area contributed by atoms with Gasteiger partial charge in [-0.1, -0.05) is 0 Å². The van der Waals surface area contributed by atoms with Gasteiger partial charge in [0.05, 0.1) is 0 Å². The molecule has 0 aromatic carbocycles. The van der Waals surface area contributed by atoms with Crippen molar-refractivity contribution >= 4 is 12.4 Å². The van der Waals surface area contributed by atoms with E-state index >= 15 is 0 Å². The van der Waals surface area contributed by atoms with E-state index in [0.29, 0.717) is 0 Å². The van der Waals surface area contributed by atoms with Crippen LogP contribution in [0.4, 0.5) is 0 Å². The maximum absolute atomic E-state index is 3.20. The molecule has 1 aliphatic rings. The van der Waals surface area contributed by atoms with Crippen LogP contribution in [0.3, 0.4) is 0 Å². The number of hydrogen-bond acceptors (Lipinski definition) is 2. The number of likely N-dealkylation sites (tertiary alicyclic amines) is 1. The van der Waals surface area contributed by atoms with E-state index in [1.807, 2.05) is 7.05 Å². The molecule has 1 fully saturated rings. The van der Waals surface area contributed by atoms with E-state index in [1.54, 1.807) is 0 Å². The predicted molar refractivity (Wildman–Crippen MR) is 46.8 cm³/mol. The first-order valence-corrected chi connectivity index (χ1v) is 3.69. The van der Waals surface area contributed by atoms with Crippen LogP contribution in [0, 0.1) is 0 Å². The van der Waals surface area contributed by atoms with E-state index in [-0.39, 0.29) is 12.4 Å². The van der Waals surface area contributed by atoms with Crippen LogP contribution >= 0.6 is 12.4 Å². The molecule has 0 bridgehead atoms. The van der Waals surface area contributed by atoms with Gasteiger partial charge in [-0.2, -0.15) is 0 Å². The molecular formula is C7H17ClN2. The first-order chi connectivity index (χ1) is 4.34. The Morgan fingerprint density at radius 3 is 2.70 bits per heavy atom. The molecule has 0 spiro atoms. The lowest BCUT2D eigenvalue weighted by Crippen LogP contribution is -2.33. The quantitative estimate of drug-likeness (QED) is 0.647. The summed E-state index contributed by atoms with van der Waals surface area (Å²) < 4.78 is 0. The summed E-state index contributed by atoms with van der Waals surface area (Å²) in [5.74, 6) is 0. The van der Waals surface area contributed by atoms with Gasteiger partial charge in [-0.15, -0.1) is 12.4 Å². The van der Waals surface area contributed by atoms with E-state index in [2.05, 4.69) is 17.3 Å². The lowest BCUT2D eigenvalue weighted by Gasteiger charge is -2.18. The lowest BCUT2D eigenvalue weighted by molar-refractivity contribution is 0.305. The van der Waals surface area contributed by atoms with Crippen LogP contribution in [0.2, 0.25) is 0 Å². The largest absolute Gasteiger partial charge is 0.318 e. The molecule has 1 heterocycles. The fourth-order valence-electron chi connectivity index (χ4n) is 1.47. The Kier molecular flexibility index (Phi) is 5.04. The minimum atomic E-state index is 0. The van der Waals surface area contributed by atoms with E-state index in [0.717, 1.165) is 12.6 Å². The van der Waals surface area contributed by atoms with E-state index in [1.165, 1.54) is 19.4 Å². The third-order valence-electron chi connectivity index (χ3n) is 2.11. The zero-order valence-electron chi connectivity index (χ0n) is 6.76. The molecule has 0 aromatic heterocycles. The Morgan fingerprint density at radius 2 is 2.30 bits per heavy atom. The number of nitrogens with zero attached hydrogens (tertiary/aromatic N) is 1. The molecule has 1 atom stereocenters. The average Bonchev–Trinajstić information content (AvgIpc) is 2.18. The summed E-state index contributed by atoms with van der Waals surface area (Å²) in [6.45, 7) is 2.43. The van der Waals surface area contributed by atoms with Crippen molar-refractivity contribution < 1.29 is 0 Å². The summed E-state index contributed by atoms with van der Waals surface area (Å²) >= 11 is 0. The zero-order chi connectivity index (χ0) is 6.69. The summed E-state index contributed by atoms with van der Waals surface area (Å²) in [6.07, 6.45) is 2.75. The van der Waals surface area contributed by atoms with Gasteiger partial charge in [0.25, 0.3) is 0 Å². The highest BCUT2D eigenvalue weighted by Crippen LogP contribution is 2.12. The Bertz CT molecular complexity index is 87.7. The maximum Gasteiger partial charge on any atom is 0.0217 e. The van der Waals surface area contributed by atoms with Crippen LogP contribution in [-0.2, 0) is 0 Å². The summed E-state index contributed by atoms with van der Waals surface area (Å²) in [5.41, 5.74) is 0. The van der Waals surface area contributed by atoms with E-state index in [9.17, 15) is 0 Å². The Labute approximate surface area is 69.4 Å².